The van der Waals surface area contributed by atoms with E-state index in [1.807, 2.05) is 71.3 Å². The van der Waals surface area contributed by atoms with Gasteiger partial charge in [-0.3, -0.25) is 9.36 Å². The number of amides is 1. The average Bonchev–Trinajstić information content (AvgIpc) is 3.25. The first-order chi connectivity index (χ1) is 16.6. The smallest absolute Gasteiger partial charge is 0.220 e. The summed E-state index contributed by atoms with van der Waals surface area (Å²) in [7, 11) is 0. The van der Waals surface area contributed by atoms with Crippen LogP contribution in [0.25, 0.3) is 5.69 Å². The number of aryl methyl sites for hydroxylation is 1. The predicted molar refractivity (Wildman–Crippen MR) is 139 cm³/mol. The van der Waals surface area contributed by atoms with Crippen LogP contribution < -0.4 is 5.32 Å². The quantitative estimate of drug-likeness (QED) is 0.259. The van der Waals surface area contributed by atoms with Crippen LogP contribution in [0.15, 0.2) is 84.0 Å². The highest BCUT2D eigenvalue weighted by atomic mass is 35.5. The van der Waals surface area contributed by atoms with Crippen LogP contribution >= 0.6 is 35.0 Å². The predicted octanol–water partition coefficient (Wildman–Crippen LogP) is 6.16. The fourth-order valence-corrected chi connectivity index (χ4v) is 4.82. The maximum atomic E-state index is 12.5. The van der Waals surface area contributed by atoms with E-state index in [2.05, 4.69) is 27.6 Å². The molecule has 0 unspecified atom stereocenters. The standard InChI is InChI=1S/C26H24Cl2N4OS/c27-21-9-4-8-20(16-21)18-34-26-31-30-24(32(26)23-11-5-10-22(28)17-23)12-13-25(33)29-15-14-19-6-2-1-3-7-19/h1-11,16-17H,12-15,18H2,(H,29,33). The van der Waals surface area contributed by atoms with Crippen LogP contribution in [0.3, 0.4) is 0 Å². The molecule has 0 atom stereocenters. The van der Waals surface area contributed by atoms with E-state index < -0.39 is 0 Å². The molecule has 8 heteroatoms. The molecular formula is C26H24Cl2N4OS. The lowest BCUT2D eigenvalue weighted by Crippen LogP contribution is -2.26. The number of hydrogen-bond acceptors (Lipinski definition) is 4. The average molecular weight is 511 g/mol. The molecule has 174 valence electrons. The van der Waals surface area contributed by atoms with Crippen LogP contribution in [0.1, 0.15) is 23.4 Å². The van der Waals surface area contributed by atoms with Crippen molar-refractivity contribution in [3.8, 4) is 5.69 Å². The van der Waals surface area contributed by atoms with E-state index in [0.29, 0.717) is 41.0 Å². The van der Waals surface area contributed by atoms with E-state index >= 15 is 0 Å². The van der Waals surface area contributed by atoms with Crippen LogP contribution in [0, 0.1) is 0 Å². The Kier molecular flexibility index (Phi) is 8.63. The fourth-order valence-electron chi connectivity index (χ4n) is 3.51. The molecule has 4 rings (SSSR count). The first-order valence-electron chi connectivity index (χ1n) is 11.0. The van der Waals surface area contributed by atoms with E-state index in [9.17, 15) is 4.79 Å². The van der Waals surface area contributed by atoms with Gasteiger partial charge in [0.25, 0.3) is 0 Å². The summed E-state index contributed by atoms with van der Waals surface area (Å²) < 4.78 is 1.97. The fraction of sp³-hybridized carbons (Fsp3) is 0.192. The molecule has 3 aromatic carbocycles. The zero-order chi connectivity index (χ0) is 23.8. The number of carbonyl (C=O) groups excluding carboxylic acids is 1. The monoisotopic (exact) mass is 510 g/mol. The van der Waals surface area contributed by atoms with Crippen LogP contribution in [-0.4, -0.2) is 27.2 Å². The molecule has 4 aromatic rings. The Labute approximate surface area is 213 Å². The third-order valence-corrected chi connectivity index (χ3v) is 6.65. The van der Waals surface area contributed by atoms with E-state index in [0.717, 1.165) is 22.8 Å². The SMILES string of the molecule is O=C(CCc1nnc(SCc2cccc(Cl)c2)n1-c1cccc(Cl)c1)NCCc1ccccc1. The van der Waals surface area contributed by atoms with Crippen molar-refractivity contribution < 1.29 is 4.79 Å². The van der Waals surface area contributed by atoms with Crippen LogP contribution in [-0.2, 0) is 23.4 Å². The Morgan fingerprint density at radius 2 is 1.59 bits per heavy atom. The largest absolute Gasteiger partial charge is 0.356 e. The minimum Gasteiger partial charge on any atom is -0.356 e. The third kappa shape index (κ3) is 6.86. The van der Waals surface area contributed by atoms with Gasteiger partial charge in [-0.15, -0.1) is 10.2 Å². The molecule has 1 amide bonds. The number of aromatic nitrogens is 3. The Morgan fingerprint density at radius 1 is 0.853 bits per heavy atom. The van der Waals surface area contributed by atoms with Gasteiger partial charge >= 0.3 is 0 Å². The summed E-state index contributed by atoms with van der Waals surface area (Å²) in [5.74, 6) is 1.40. The minimum atomic E-state index is -0.00953. The number of rotatable bonds is 10. The number of nitrogens with one attached hydrogen (secondary N) is 1. The molecule has 0 aliphatic rings. The molecule has 0 saturated carbocycles. The second-order valence-corrected chi connectivity index (χ2v) is 9.53. The van der Waals surface area contributed by atoms with E-state index in [-0.39, 0.29) is 5.91 Å². The van der Waals surface area contributed by atoms with Crippen molar-refractivity contribution in [1.82, 2.24) is 20.1 Å². The van der Waals surface area contributed by atoms with Crippen LogP contribution in [0.2, 0.25) is 10.0 Å². The van der Waals surface area contributed by atoms with Crippen molar-refractivity contribution in [3.63, 3.8) is 0 Å². The summed E-state index contributed by atoms with van der Waals surface area (Å²) >= 11 is 13.9. The third-order valence-electron chi connectivity index (χ3n) is 5.18. The Bertz CT molecular complexity index is 1250. The van der Waals surface area contributed by atoms with E-state index in [1.54, 1.807) is 11.8 Å². The van der Waals surface area contributed by atoms with Gasteiger partial charge in [-0.05, 0) is 47.9 Å². The van der Waals surface area contributed by atoms with Gasteiger partial charge in [-0.25, -0.2) is 0 Å². The normalized spacial score (nSPS) is 10.9. The lowest BCUT2D eigenvalue weighted by molar-refractivity contribution is -0.121. The maximum Gasteiger partial charge on any atom is 0.220 e. The summed E-state index contributed by atoms with van der Waals surface area (Å²) in [5.41, 5.74) is 3.16. The Balaban J connectivity index is 1.43. The van der Waals surface area contributed by atoms with Gasteiger partial charge < -0.3 is 5.32 Å². The second kappa shape index (κ2) is 12.1. The molecule has 0 fully saturated rings. The molecule has 0 saturated heterocycles. The summed E-state index contributed by atoms with van der Waals surface area (Å²) in [5, 5.41) is 13.9. The first kappa shape index (κ1) is 24.3. The number of halogens is 2. The summed E-state index contributed by atoms with van der Waals surface area (Å²) in [6.45, 7) is 0.602. The lowest BCUT2D eigenvalue weighted by Gasteiger charge is -2.11. The highest BCUT2D eigenvalue weighted by Crippen LogP contribution is 2.27. The first-order valence-corrected chi connectivity index (χ1v) is 12.7. The second-order valence-electron chi connectivity index (χ2n) is 7.72. The topological polar surface area (TPSA) is 59.8 Å². The molecule has 0 bridgehead atoms. The molecule has 1 aromatic heterocycles. The van der Waals surface area contributed by atoms with Crippen molar-refractivity contribution in [2.75, 3.05) is 6.54 Å². The van der Waals surface area contributed by atoms with Gasteiger partial charge in [0.2, 0.25) is 5.91 Å². The summed E-state index contributed by atoms with van der Waals surface area (Å²) in [6.07, 6.45) is 1.59. The highest BCUT2D eigenvalue weighted by Gasteiger charge is 2.16. The molecule has 1 heterocycles. The van der Waals surface area contributed by atoms with Crippen LogP contribution in [0.5, 0.6) is 0 Å². The van der Waals surface area contributed by atoms with Crippen molar-refractivity contribution >= 4 is 40.9 Å². The van der Waals surface area contributed by atoms with Gasteiger partial charge in [0.05, 0.1) is 5.69 Å². The molecule has 0 aliphatic heterocycles. The number of thioether (sulfide) groups is 1. The van der Waals surface area contributed by atoms with Gasteiger partial charge in [0.1, 0.15) is 5.82 Å². The summed E-state index contributed by atoms with van der Waals surface area (Å²) in [6, 6.07) is 25.4. The molecule has 0 radical (unpaired) electrons. The van der Waals surface area contributed by atoms with E-state index in [1.165, 1.54) is 5.56 Å². The van der Waals surface area contributed by atoms with Gasteiger partial charge in [-0.1, -0.05) is 83.5 Å². The van der Waals surface area contributed by atoms with E-state index in [4.69, 9.17) is 23.2 Å². The van der Waals surface area contributed by atoms with Gasteiger partial charge in [0, 0.05) is 35.2 Å². The Morgan fingerprint density at radius 3 is 2.35 bits per heavy atom. The van der Waals surface area contributed by atoms with Crippen molar-refractivity contribution in [2.24, 2.45) is 0 Å². The molecular weight excluding hydrogens is 487 g/mol. The molecule has 5 nitrogen and oxygen atoms in total. The minimum absolute atomic E-state index is 0.00953. The number of nitrogens with zero attached hydrogens (tertiary/aromatic N) is 3. The summed E-state index contributed by atoms with van der Waals surface area (Å²) in [4.78, 5) is 12.5. The zero-order valence-corrected chi connectivity index (χ0v) is 20.8. The zero-order valence-electron chi connectivity index (χ0n) is 18.5. The Hall–Kier alpha value is -2.80. The highest BCUT2D eigenvalue weighted by molar-refractivity contribution is 7.98. The maximum absolute atomic E-state index is 12.5. The molecule has 0 spiro atoms. The molecule has 0 aliphatic carbocycles. The van der Waals surface area contributed by atoms with Crippen molar-refractivity contribution in [2.45, 2.75) is 30.2 Å². The molecule has 34 heavy (non-hydrogen) atoms. The van der Waals surface area contributed by atoms with Crippen LogP contribution in [0.4, 0.5) is 0 Å². The molecule has 1 N–H and O–H groups in total. The van der Waals surface area contributed by atoms with Gasteiger partial charge in [-0.2, -0.15) is 0 Å². The van der Waals surface area contributed by atoms with Crippen molar-refractivity contribution in [3.05, 3.63) is 106 Å². The number of carbonyl (C=O) groups is 1. The number of hydrogen-bond donors (Lipinski definition) is 1. The van der Waals surface area contributed by atoms with Gasteiger partial charge in [0.15, 0.2) is 5.16 Å². The lowest BCUT2D eigenvalue weighted by atomic mass is 10.1. The number of benzene rings is 3. The van der Waals surface area contributed by atoms with Crippen molar-refractivity contribution in [1.29, 1.82) is 0 Å².